The lowest BCUT2D eigenvalue weighted by Gasteiger charge is -2.13. The maximum Gasteiger partial charge on any atom is 0.281 e. The number of nitrogens with zero attached hydrogens (tertiary/aromatic N) is 4. The molecule has 6 heteroatoms. The van der Waals surface area contributed by atoms with Gasteiger partial charge in [-0.3, -0.25) is 4.79 Å². The molecule has 0 spiro atoms. The number of rotatable bonds is 6. The van der Waals surface area contributed by atoms with Gasteiger partial charge in [-0.1, -0.05) is 59.7 Å². The Kier molecular flexibility index (Phi) is 6.03. The predicted molar refractivity (Wildman–Crippen MR) is 129 cm³/mol. The number of hydrogen-bond acceptors (Lipinski definition) is 5. The summed E-state index contributed by atoms with van der Waals surface area (Å²) in [7, 11) is 4.03. The first-order valence-corrected chi connectivity index (χ1v) is 10.6. The van der Waals surface area contributed by atoms with Gasteiger partial charge in [0.2, 0.25) is 5.95 Å². The van der Waals surface area contributed by atoms with Crippen LogP contribution in [-0.2, 0) is 6.54 Å². The van der Waals surface area contributed by atoms with E-state index >= 15 is 0 Å². The van der Waals surface area contributed by atoms with Crippen LogP contribution < -0.4 is 10.2 Å². The highest BCUT2D eigenvalue weighted by atomic mass is 16.2. The third-order valence-corrected chi connectivity index (χ3v) is 5.31. The highest BCUT2D eigenvalue weighted by Crippen LogP contribution is 2.21. The van der Waals surface area contributed by atoms with Gasteiger partial charge in [0.25, 0.3) is 5.91 Å². The maximum absolute atomic E-state index is 13.2. The highest BCUT2D eigenvalue weighted by Gasteiger charge is 2.18. The number of carbonyl (C=O) groups excluding carboxylic acids is 1. The van der Waals surface area contributed by atoms with Crippen molar-refractivity contribution in [2.45, 2.75) is 20.4 Å². The number of nitrogens with one attached hydrogen (secondary N) is 1. The summed E-state index contributed by atoms with van der Waals surface area (Å²) in [5.41, 5.74) is 5.90. The fraction of sp³-hybridized carbons (Fsp3) is 0.192. The van der Waals surface area contributed by atoms with E-state index in [2.05, 4.69) is 44.6 Å². The summed E-state index contributed by atoms with van der Waals surface area (Å²) in [6, 6.07) is 23.7. The van der Waals surface area contributed by atoms with Crippen molar-refractivity contribution >= 4 is 17.5 Å². The maximum atomic E-state index is 13.2. The molecule has 0 bridgehead atoms. The monoisotopic (exact) mass is 425 g/mol. The van der Waals surface area contributed by atoms with E-state index in [0.29, 0.717) is 23.9 Å². The minimum atomic E-state index is -0.221. The molecule has 162 valence electrons. The zero-order valence-electron chi connectivity index (χ0n) is 18.8. The number of aryl methyl sites for hydroxylation is 2. The van der Waals surface area contributed by atoms with Crippen molar-refractivity contribution in [2.75, 3.05) is 24.3 Å². The summed E-state index contributed by atoms with van der Waals surface area (Å²) in [5.74, 6) is 0.708. The molecule has 4 rings (SSSR count). The van der Waals surface area contributed by atoms with Crippen molar-refractivity contribution < 1.29 is 4.79 Å². The van der Waals surface area contributed by atoms with Crippen LogP contribution in [0.4, 0.5) is 11.6 Å². The third-order valence-electron chi connectivity index (χ3n) is 5.31. The van der Waals surface area contributed by atoms with Crippen LogP contribution in [0.15, 0.2) is 72.8 Å². The number of hydrogen-bond donors (Lipinski definition) is 1. The molecule has 0 aliphatic rings. The molecule has 32 heavy (non-hydrogen) atoms. The molecule has 0 aliphatic heterocycles. The summed E-state index contributed by atoms with van der Waals surface area (Å²) >= 11 is 0. The van der Waals surface area contributed by atoms with Gasteiger partial charge in [0.15, 0.2) is 5.82 Å². The molecule has 6 nitrogen and oxygen atoms in total. The average Bonchev–Trinajstić information content (AvgIpc) is 3.22. The fourth-order valence-electron chi connectivity index (χ4n) is 3.30. The highest BCUT2D eigenvalue weighted by molar-refractivity contribution is 5.97. The lowest BCUT2D eigenvalue weighted by molar-refractivity contribution is 0.0947. The first-order chi connectivity index (χ1) is 15.4. The van der Waals surface area contributed by atoms with Crippen LogP contribution in [0.1, 0.15) is 27.0 Å². The summed E-state index contributed by atoms with van der Waals surface area (Å²) < 4.78 is 1.36. The predicted octanol–water partition coefficient (Wildman–Crippen LogP) is 4.93. The average molecular weight is 426 g/mol. The van der Waals surface area contributed by atoms with Crippen molar-refractivity contribution in [3.8, 4) is 11.4 Å². The second kappa shape index (κ2) is 9.06. The topological polar surface area (TPSA) is 63.1 Å². The summed E-state index contributed by atoms with van der Waals surface area (Å²) in [5, 5.41) is 7.84. The first kappa shape index (κ1) is 21.3. The number of aromatic nitrogens is 3. The number of carbonyl (C=O) groups is 1. The second-order valence-electron chi connectivity index (χ2n) is 8.12. The molecule has 1 aromatic heterocycles. The van der Waals surface area contributed by atoms with E-state index in [-0.39, 0.29) is 5.91 Å². The quantitative estimate of drug-likeness (QED) is 0.475. The van der Waals surface area contributed by atoms with Crippen molar-refractivity contribution in [1.82, 2.24) is 14.8 Å². The van der Waals surface area contributed by atoms with Gasteiger partial charge in [0.05, 0.1) is 0 Å². The molecule has 4 aromatic rings. The van der Waals surface area contributed by atoms with E-state index in [0.717, 1.165) is 27.9 Å². The van der Waals surface area contributed by atoms with Crippen LogP contribution in [0.3, 0.4) is 0 Å². The molecule has 0 amide bonds. The van der Waals surface area contributed by atoms with Gasteiger partial charge in [-0.15, -0.1) is 5.10 Å². The zero-order valence-corrected chi connectivity index (χ0v) is 18.8. The van der Waals surface area contributed by atoms with Crippen molar-refractivity contribution in [2.24, 2.45) is 0 Å². The molecule has 0 saturated heterocycles. The van der Waals surface area contributed by atoms with Crippen molar-refractivity contribution in [1.29, 1.82) is 0 Å². The summed E-state index contributed by atoms with van der Waals surface area (Å²) in [4.78, 5) is 19.9. The zero-order chi connectivity index (χ0) is 22.7. The van der Waals surface area contributed by atoms with Crippen LogP contribution >= 0.6 is 0 Å². The molecule has 0 unspecified atom stereocenters. The minimum Gasteiger partial charge on any atom is -0.378 e. The molecule has 1 N–H and O–H groups in total. The molecule has 1 heterocycles. The van der Waals surface area contributed by atoms with Gasteiger partial charge in [0.1, 0.15) is 0 Å². The Balaban J connectivity index is 1.64. The van der Waals surface area contributed by atoms with E-state index in [1.165, 1.54) is 4.68 Å². The molecular weight excluding hydrogens is 398 g/mol. The standard InChI is InChI=1S/C26H27N5O/c1-18-5-11-21(12-6-18)24-28-26(27-17-20-9-15-23(16-10-20)30(3)4)31(29-24)25(32)22-13-7-19(2)8-14-22/h5-16H,17H2,1-4H3,(H,27,28,29). The van der Waals surface area contributed by atoms with Gasteiger partial charge >= 0.3 is 0 Å². The third kappa shape index (κ3) is 4.70. The van der Waals surface area contributed by atoms with E-state index in [4.69, 9.17) is 0 Å². The summed E-state index contributed by atoms with van der Waals surface area (Å²) in [6.07, 6.45) is 0. The van der Waals surface area contributed by atoms with E-state index in [9.17, 15) is 4.79 Å². The molecule has 3 aromatic carbocycles. The lowest BCUT2D eigenvalue weighted by Crippen LogP contribution is -2.17. The van der Waals surface area contributed by atoms with Gasteiger partial charge < -0.3 is 10.2 Å². The smallest absolute Gasteiger partial charge is 0.281 e. The van der Waals surface area contributed by atoms with Crippen LogP contribution in [0, 0.1) is 13.8 Å². The second-order valence-corrected chi connectivity index (χ2v) is 8.12. The van der Waals surface area contributed by atoms with E-state index < -0.39 is 0 Å². The van der Waals surface area contributed by atoms with Crippen LogP contribution in [-0.4, -0.2) is 34.8 Å². The Morgan fingerprint density at radius 2 is 1.47 bits per heavy atom. The van der Waals surface area contributed by atoms with Crippen molar-refractivity contribution in [3.63, 3.8) is 0 Å². The van der Waals surface area contributed by atoms with E-state index in [1.54, 1.807) is 0 Å². The number of anilines is 2. The fourth-order valence-corrected chi connectivity index (χ4v) is 3.30. The Bertz CT molecular complexity index is 1210. The Morgan fingerprint density at radius 3 is 2.06 bits per heavy atom. The van der Waals surface area contributed by atoms with Gasteiger partial charge in [-0.05, 0) is 43.7 Å². The number of benzene rings is 3. The van der Waals surface area contributed by atoms with Crippen molar-refractivity contribution in [3.05, 3.63) is 95.1 Å². The molecule has 0 atom stereocenters. The molecule has 0 aliphatic carbocycles. The van der Waals surface area contributed by atoms with E-state index in [1.807, 2.05) is 76.5 Å². The minimum absolute atomic E-state index is 0.221. The largest absolute Gasteiger partial charge is 0.378 e. The van der Waals surface area contributed by atoms with Gasteiger partial charge in [-0.25, -0.2) is 0 Å². The van der Waals surface area contributed by atoms with Crippen LogP contribution in [0.5, 0.6) is 0 Å². The Labute approximate surface area is 188 Å². The first-order valence-electron chi connectivity index (χ1n) is 10.6. The van der Waals surface area contributed by atoms with Crippen LogP contribution in [0.2, 0.25) is 0 Å². The molecule has 0 saturated carbocycles. The molecule has 0 radical (unpaired) electrons. The Hall–Kier alpha value is -3.93. The SMILES string of the molecule is Cc1ccc(C(=O)n2nc(-c3ccc(C)cc3)nc2NCc2ccc(N(C)C)cc2)cc1. The van der Waals surface area contributed by atoms with Crippen LogP contribution in [0.25, 0.3) is 11.4 Å². The molecular formula is C26H27N5O. The lowest BCUT2D eigenvalue weighted by atomic mass is 10.1. The normalized spacial score (nSPS) is 10.8. The van der Waals surface area contributed by atoms with Gasteiger partial charge in [-0.2, -0.15) is 9.67 Å². The molecule has 0 fully saturated rings. The van der Waals surface area contributed by atoms with Gasteiger partial charge in [0, 0.05) is 37.5 Å². The Morgan fingerprint density at radius 1 is 0.875 bits per heavy atom. The summed E-state index contributed by atoms with van der Waals surface area (Å²) in [6.45, 7) is 4.56.